The molecular weight excluding hydrogens is 326 g/mol. The number of carbonyl (C=O) groups is 2. The van der Waals surface area contributed by atoms with Crippen molar-refractivity contribution in [1.82, 2.24) is 0 Å². The lowest BCUT2D eigenvalue weighted by Crippen LogP contribution is -2.42. The molecule has 2 atom stereocenters. The van der Waals surface area contributed by atoms with Gasteiger partial charge in [0.05, 0.1) is 0 Å². The number of carboxylic acids is 1. The first kappa shape index (κ1) is 16.7. The third-order valence-electron chi connectivity index (χ3n) is 2.53. The average Bonchev–Trinajstić information content (AvgIpc) is 2.29. The second kappa shape index (κ2) is 6.37. The molecule has 0 aliphatic rings. The lowest BCUT2D eigenvalue weighted by Gasteiger charge is -2.26. The molecule has 1 unspecified atom stereocenters. The number of nitrogens with two attached hydrogens (primary N) is 1. The van der Waals surface area contributed by atoms with Gasteiger partial charge in [-0.25, -0.2) is 0 Å². The maximum atomic E-state index is 12.2. The van der Waals surface area contributed by atoms with Crippen molar-refractivity contribution in [1.29, 1.82) is 0 Å². The molecule has 0 aliphatic heterocycles. The van der Waals surface area contributed by atoms with Crippen molar-refractivity contribution >= 4 is 27.9 Å². The maximum absolute atomic E-state index is 12.2. The molecule has 20 heavy (non-hydrogen) atoms. The molecule has 0 aliphatic carbocycles. The van der Waals surface area contributed by atoms with Gasteiger partial charge >= 0.3 is 11.9 Å². The van der Waals surface area contributed by atoms with Gasteiger partial charge in [0.25, 0.3) is 0 Å². The van der Waals surface area contributed by atoms with E-state index >= 15 is 0 Å². The highest BCUT2D eigenvalue weighted by Crippen LogP contribution is 2.25. The van der Waals surface area contributed by atoms with Crippen molar-refractivity contribution in [3.63, 3.8) is 0 Å². The van der Waals surface area contributed by atoms with Crippen LogP contribution in [0.3, 0.4) is 0 Å². The summed E-state index contributed by atoms with van der Waals surface area (Å²) in [6, 6.07) is 5.40. The fourth-order valence-corrected chi connectivity index (χ4v) is 1.93. The molecule has 0 saturated carbocycles. The number of ether oxygens (including phenoxy) is 1. The normalized spacial score (nSPS) is 14.4. The van der Waals surface area contributed by atoms with Crippen LogP contribution in [0.5, 0.6) is 0 Å². The van der Waals surface area contributed by atoms with Crippen molar-refractivity contribution in [2.45, 2.75) is 38.3 Å². The van der Waals surface area contributed by atoms with Gasteiger partial charge in [-0.1, -0.05) is 28.1 Å². The molecule has 0 spiro atoms. The molecule has 6 heteroatoms. The predicted molar refractivity (Wildman–Crippen MR) is 78.3 cm³/mol. The van der Waals surface area contributed by atoms with E-state index in [-0.39, 0.29) is 0 Å². The minimum Gasteiger partial charge on any atom is -0.480 e. The van der Waals surface area contributed by atoms with Gasteiger partial charge in [-0.05, 0) is 38.5 Å². The molecular formula is C14H18BrNO4. The number of aliphatic carboxylic acids is 1. The standard InChI is InChI=1S/C14H18BrNO4/c1-14(2,3)20-13(19)10(11(16)12(17)18)8-4-6-9(15)7-5-8/h4-7,10-11H,16H2,1-3H3,(H,17,18)/t10?,11-/m0/s1. The van der Waals surface area contributed by atoms with E-state index in [1.807, 2.05) is 0 Å². The molecule has 1 aromatic rings. The number of halogens is 1. The number of hydrogen-bond acceptors (Lipinski definition) is 4. The predicted octanol–water partition coefficient (Wildman–Crippen LogP) is 2.29. The Bertz CT molecular complexity index is 493. The van der Waals surface area contributed by atoms with Crippen LogP contribution in [-0.2, 0) is 14.3 Å². The first-order valence-electron chi connectivity index (χ1n) is 6.08. The zero-order valence-electron chi connectivity index (χ0n) is 11.6. The van der Waals surface area contributed by atoms with Crippen LogP contribution in [0.15, 0.2) is 28.7 Å². The van der Waals surface area contributed by atoms with E-state index in [2.05, 4.69) is 15.9 Å². The summed E-state index contributed by atoms with van der Waals surface area (Å²) < 4.78 is 6.09. The van der Waals surface area contributed by atoms with E-state index in [1.54, 1.807) is 45.0 Å². The summed E-state index contributed by atoms with van der Waals surface area (Å²) in [5.74, 6) is -2.93. The Kier molecular flexibility index (Phi) is 5.30. The SMILES string of the molecule is CC(C)(C)OC(=O)C(c1ccc(Br)cc1)[C@H](N)C(=O)O. The highest BCUT2D eigenvalue weighted by molar-refractivity contribution is 9.10. The Labute approximate surface area is 126 Å². The van der Waals surface area contributed by atoms with E-state index in [0.717, 1.165) is 4.47 Å². The smallest absolute Gasteiger partial charge is 0.321 e. The Hall–Kier alpha value is -1.40. The van der Waals surface area contributed by atoms with E-state index < -0.39 is 29.5 Å². The lowest BCUT2D eigenvalue weighted by atomic mass is 9.92. The van der Waals surface area contributed by atoms with Crippen molar-refractivity contribution in [2.75, 3.05) is 0 Å². The molecule has 0 aromatic heterocycles. The minimum atomic E-state index is -1.36. The van der Waals surface area contributed by atoms with Crippen LogP contribution in [0.4, 0.5) is 0 Å². The van der Waals surface area contributed by atoms with Gasteiger partial charge < -0.3 is 15.6 Å². The number of esters is 1. The van der Waals surface area contributed by atoms with Crippen LogP contribution in [0, 0.1) is 0 Å². The monoisotopic (exact) mass is 343 g/mol. The molecule has 1 rings (SSSR count). The Morgan fingerprint density at radius 1 is 1.25 bits per heavy atom. The summed E-state index contributed by atoms with van der Waals surface area (Å²) >= 11 is 3.28. The van der Waals surface area contributed by atoms with Gasteiger partial charge in [-0.2, -0.15) is 0 Å². The topological polar surface area (TPSA) is 89.6 Å². The first-order chi connectivity index (χ1) is 9.11. The van der Waals surface area contributed by atoms with Gasteiger partial charge in [0.15, 0.2) is 0 Å². The Morgan fingerprint density at radius 3 is 2.15 bits per heavy atom. The number of carbonyl (C=O) groups excluding carboxylic acids is 1. The zero-order valence-corrected chi connectivity index (χ0v) is 13.2. The third kappa shape index (κ3) is 4.61. The number of rotatable bonds is 4. The number of carboxylic acid groups (broad SMARTS) is 1. The summed E-state index contributed by atoms with van der Waals surface area (Å²) in [4.78, 5) is 23.3. The molecule has 0 heterocycles. The number of benzene rings is 1. The minimum absolute atomic E-state index is 0.511. The van der Waals surface area contributed by atoms with Crippen molar-refractivity contribution < 1.29 is 19.4 Å². The summed E-state index contributed by atoms with van der Waals surface area (Å²) in [7, 11) is 0. The molecule has 0 amide bonds. The fourth-order valence-electron chi connectivity index (χ4n) is 1.67. The largest absolute Gasteiger partial charge is 0.480 e. The average molecular weight is 344 g/mol. The highest BCUT2D eigenvalue weighted by Gasteiger charge is 2.35. The molecule has 0 saturated heterocycles. The summed E-state index contributed by atoms with van der Waals surface area (Å²) in [6.45, 7) is 5.15. The van der Waals surface area contributed by atoms with Gasteiger partial charge in [0, 0.05) is 4.47 Å². The van der Waals surface area contributed by atoms with Crippen molar-refractivity contribution in [2.24, 2.45) is 5.73 Å². The molecule has 3 N–H and O–H groups in total. The molecule has 5 nitrogen and oxygen atoms in total. The molecule has 110 valence electrons. The fraction of sp³-hybridized carbons (Fsp3) is 0.429. The molecule has 0 bridgehead atoms. The van der Waals surface area contributed by atoms with Gasteiger partial charge in [-0.3, -0.25) is 9.59 Å². The van der Waals surface area contributed by atoms with Gasteiger partial charge in [-0.15, -0.1) is 0 Å². The maximum Gasteiger partial charge on any atom is 0.321 e. The first-order valence-corrected chi connectivity index (χ1v) is 6.88. The third-order valence-corrected chi connectivity index (χ3v) is 3.06. The van der Waals surface area contributed by atoms with Crippen molar-refractivity contribution in [3.05, 3.63) is 34.3 Å². The lowest BCUT2D eigenvalue weighted by molar-refractivity contribution is -0.160. The summed E-state index contributed by atoms with van der Waals surface area (Å²) in [5.41, 5.74) is 5.44. The molecule has 1 aromatic carbocycles. The van der Waals surface area contributed by atoms with E-state index in [4.69, 9.17) is 15.6 Å². The van der Waals surface area contributed by atoms with Crippen LogP contribution in [0.1, 0.15) is 32.3 Å². The Balaban J connectivity index is 3.12. The second-order valence-electron chi connectivity index (χ2n) is 5.43. The quantitative estimate of drug-likeness (QED) is 0.818. The van der Waals surface area contributed by atoms with E-state index in [1.165, 1.54) is 0 Å². The Morgan fingerprint density at radius 2 is 1.75 bits per heavy atom. The summed E-state index contributed by atoms with van der Waals surface area (Å²) in [5, 5.41) is 9.07. The summed E-state index contributed by atoms with van der Waals surface area (Å²) in [6.07, 6.45) is 0. The zero-order chi connectivity index (χ0) is 15.5. The van der Waals surface area contributed by atoms with Crippen molar-refractivity contribution in [3.8, 4) is 0 Å². The van der Waals surface area contributed by atoms with Crippen LogP contribution >= 0.6 is 15.9 Å². The molecule has 0 radical (unpaired) electrons. The van der Waals surface area contributed by atoms with E-state index in [9.17, 15) is 9.59 Å². The van der Waals surface area contributed by atoms with Crippen LogP contribution < -0.4 is 5.73 Å². The van der Waals surface area contributed by atoms with Gasteiger partial charge in [0.1, 0.15) is 17.6 Å². The molecule has 0 fully saturated rings. The van der Waals surface area contributed by atoms with Gasteiger partial charge in [0.2, 0.25) is 0 Å². The van der Waals surface area contributed by atoms with Crippen LogP contribution in [-0.4, -0.2) is 28.7 Å². The van der Waals surface area contributed by atoms with Crippen LogP contribution in [0.25, 0.3) is 0 Å². The van der Waals surface area contributed by atoms with Crippen LogP contribution in [0.2, 0.25) is 0 Å². The highest BCUT2D eigenvalue weighted by atomic mass is 79.9. The number of hydrogen-bond donors (Lipinski definition) is 2. The van der Waals surface area contributed by atoms with E-state index in [0.29, 0.717) is 5.56 Å². The second-order valence-corrected chi connectivity index (χ2v) is 6.34.